The number of rotatable bonds is 5. The van der Waals surface area contributed by atoms with Gasteiger partial charge in [-0.25, -0.2) is 0 Å². The molecule has 2 aromatic rings. The summed E-state index contributed by atoms with van der Waals surface area (Å²) in [6.45, 7) is 3.27. The Morgan fingerprint density at radius 2 is 2.16 bits per heavy atom. The maximum absolute atomic E-state index is 10.9. The van der Waals surface area contributed by atoms with Crippen LogP contribution in [0.1, 0.15) is 16.0 Å². The van der Waals surface area contributed by atoms with E-state index in [9.17, 15) is 10.1 Å². The van der Waals surface area contributed by atoms with Crippen molar-refractivity contribution in [2.45, 2.75) is 20.0 Å². The number of thiophene rings is 1. The molecule has 0 radical (unpaired) electrons. The molecule has 1 heterocycles. The molecule has 0 spiro atoms. The van der Waals surface area contributed by atoms with Crippen molar-refractivity contribution in [2.75, 3.05) is 0 Å². The molecule has 0 aliphatic rings. The molecule has 0 saturated heterocycles. The van der Waals surface area contributed by atoms with Crippen molar-refractivity contribution < 1.29 is 4.92 Å². The molecule has 0 aliphatic heterocycles. The van der Waals surface area contributed by atoms with Crippen LogP contribution in [0.4, 0.5) is 5.69 Å². The molecule has 19 heavy (non-hydrogen) atoms. The number of nitrogens with zero attached hydrogens (tertiary/aromatic N) is 1. The third kappa shape index (κ3) is 3.62. The van der Waals surface area contributed by atoms with Gasteiger partial charge in [0, 0.05) is 34.1 Å². The number of benzene rings is 1. The molecule has 0 fully saturated rings. The second kappa shape index (κ2) is 6.27. The topological polar surface area (TPSA) is 55.2 Å². The lowest BCUT2D eigenvalue weighted by Gasteiger charge is -2.06. The van der Waals surface area contributed by atoms with Crippen molar-refractivity contribution in [3.05, 3.63) is 60.2 Å². The third-order valence-electron chi connectivity index (χ3n) is 2.81. The summed E-state index contributed by atoms with van der Waals surface area (Å²) in [4.78, 5) is 11.9. The van der Waals surface area contributed by atoms with Gasteiger partial charge in [0.25, 0.3) is 5.69 Å². The van der Waals surface area contributed by atoms with Crippen LogP contribution in [-0.2, 0) is 13.1 Å². The summed E-state index contributed by atoms with van der Waals surface area (Å²) in [6.07, 6.45) is 0. The van der Waals surface area contributed by atoms with Crippen LogP contribution in [0, 0.1) is 17.0 Å². The van der Waals surface area contributed by atoms with Crippen LogP contribution in [0.5, 0.6) is 0 Å². The summed E-state index contributed by atoms with van der Waals surface area (Å²) in [5, 5.41) is 16.2. The summed E-state index contributed by atoms with van der Waals surface area (Å²) in [5.41, 5.74) is 2.09. The number of hydrogen-bond donors (Lipinski definition) is 1. The van der Waals surface area contributed by atoms with Gasteiger partial charge in [-0.15, -0.1) is 11.3 Å². The lowest BCUT2D eigenvalue weighted by atomic mass is 10.2. The number of aryl methyl sites for hydroxylation is 1. The van der Waals surface area contributed by atoms with Gasteiger partial charge in [-0.3, -0.25) is 10.1 Å². The highest BCUT2D eigenvalue weighted by molar-refractivity contribution is 9.10. The monoisotopic (exact) mass is 340 g/mol. The van der Waals surface area contributed by atoms with E-state index in [1.807, 2.05) is 5.38 Å². The van der Waals surface area contributed by atoms with E-state index in [1.54, 1.807) is 23.5 Å². The van der Waals surface area contributed by atoms with E-state index in [2.05, 4.69) is 34.2 Å². The fourth-order valence-corrected chi connectivity index (χ4v) is 3.05. The van der Waals surface area contributed by atoms with Crippen molar-refractivity contribution >= 4 is 33.0 Å². The number of nitro groups is 1. The smallest absolute Gasteiger partial charge is 0.273 e. The SMILES string of the molecule is Cc1ccsc1CNCc1cc(Br)ccc1[N+](=O)[O-]. The Bertz CT molecular complexity index is 598. The Hall–Kier alpha value is -1.24. The quantitative estimate of drug-likeness (QED) is 0.660. The fourth-order valence-electron chi connectivity index (χ4n) is 1.77. The first kappa shape index (κ1) is 14.2. The number of nitrogens with one attached hydrogen (secondary N) is 1. The van der Waals surface area contributed by atoms with Crippen molar-refractivity contribution in [1.29, 1.82) is 0 Å². The normalized spacial score (nSPS) is 10.6. The van der Waals surface area contributed by atoms with Gasteiger partial charge in [0.05, 0.1) is 4.92 Å². The van der Waals surface area contributed by atoms with Gasteiger partial charge in [-0.2, -0.15) is 0 Å². The number of nitro benzene ring substituents is 1. The second-order valence-electron chi connectivity index (χ2n) is 4.16. The minimum absolute atomic E-state index is 0.151. The van der Waals surface area contributed by atoms with Crippen molar-refractivity contribution in [3.63, 3.8) is 0 Å². The fraction of sp³-hybridized carbons (Fsp3) is 0.231. The summed E-state index contributed by atoms with van der Waals surface area (Å²) in [6, 6.07) is 7.07. The van der Waals surface area contributed by atoms with Crippen LogP contribution in [0.25, 0.3) is 0 Å². The largest absolute Gasteiger partial charge is 0.308 e. The van der Waals surface area contributed by atoms with E-state index in [1.165, 1.54) is 16.5 Å². The highest BCUT2D eigenvalue weighted by atomic mass is 79.9. The first-order chi connectivity index (χ1) is 9.08. The maximum atomic E-state index is 10.9. The number of hydrogen-bond acceptors (Lipinski definition) is 4. The highest BCUT2D eigenvalue weighted by Gasteiger charge is 2.13. The van der Waals surface area contributed by atoms with E-state index in [0.29, 0.717) is 12.1 Å². The molecule has 0 atom stereocenters. The minimum atomic E-state index is -0.347. The van der Waals surface area contributed by atoms with Gasteiger partial charge < -0.3 is 5.32 Å². The predicted octanol–water partition coefficient (Wildman–Crippen LogP) is 4.02. The molecule has 0 amide bonds. The van der Waals surface area contributed by atoms with Gasteiger partial charge >= 0.3 is 0 Å². The van der Waals surface area contributed by atoms with Crippen molar-refractivity contribution in [1.82, 2.24) is 5.32 Å². The second-order valence-corrected chi connectivity index (χ2v) is 6.08. The van der Waals surface area contributed by atoms with Crippen LogP contribution in [0.3, 0.4) is 0 Å². The van der Waals surface area contributed by atoms with Gasteiger partial charge in [0.2, 0.25) is 0 Å². The molecule has 2 rings (SSSR count). The van der Waals surface area contributed by atoms with Crippen molar-refractivity contribution in [2.24, 2.45) is 0 Å². The first-order valence-electron chi connectivity index (χ1n) is 5.74. The van der Waals surface area contributed by atoms with Crippen LogP contribution in [-0.4, -0.2) is 4.92 Å². The van der Waals surface area contributed by atoms with Gasteiger partial charge in [-0.05, 0) is 36.1 Å². The van der Waals surface area contributed by atoms with Gasteiger partial charge in [-0.1, -0.05) is 15.9 Å². The Morgan fingerprint density at radius 1 is 1.37 bits per heavy atom. The van der Waals surface area contributed by atoms with Crippen LogP contribution < -0.4 is 5.32 Å². The highest BCUT2D eigenvalue weighted by Crippen LogP contribution is 2.23. The number of halogens is 1. The molecule has 4 nitrogen and oxygen atoms in total. The summed E-state index contributed by atoms with van der Waals surface area (Å²) >= 11 is 5.03. The molecule has 6 heteroatoms. The Balaban J connectivity index is 2.05. The Kier molecular flexibility index (Phi) is 4.68. The zero-order chi connectivity index (χ0) is 13.8. The standard InChI is InChI=1S/C13H13BrN2O2S/c1-9-4-5-19-13(9)8-15-7-10-6-11(14)2-3-12(10)16(17)18/h2-6,15H,7-8H2,1H3. The summed E-state index contributed by atoms with van der Waals surface area (Å²) in [7, 11) is 0. The molecular weight excluding hydrogens is 328 g/mol. The van der Waals surface area contributed by atoms with Crippen LogP contribution in [0.2, 0.25) is 0 Å². The van der Waals surface area contributed by atoms with E-state index in [4.69, 9.17) is 0 Å². The maximum Gasteiger partial charge on any atom is 0.273 e. The Morgan fingerprint density at radius 3 is 2.79 bits per heavy atom. The predicted molar refractivity (Wildman–Crippen MR) is 80.4 cm³/mol. The molecule has 1 aromatic heterocycles. The molecule has 100 valence electrons. The van der Waals surface area contributed by atoms with Crippen LogP contribution in [0.15, 0.2) is 34.1 Å². The average molecular weight is 341 g/mol. The first-order valence-corrected chi connectivity index (χ1v) is 7.41. The minimum Gasteiger partial charge on any atom is -0.308 e. The van der Waals surface area contributed by atoms with E-state index >= 15 is 0 Å². The average Bonchev–Trinajstić information content (AvgIpc) is 2.75. The molecule has 0 saturated carbocycles. The molecule has 0 bridgehead atoms. The van der Waals surface area contributed by atoms with Crippen molar-refractivity contribution in [3.8, 4) is 0 Å². The van der Waals surface area contributed by atoms with E-state index < -0.39 is 0 Å². The molecule has 0 aliphatic carbocycles. The summed E-state index contributed by atoms with van der Waals surface area (Å²) < 4.78 is 0.849. The molecule has 1 aromatic carbocycles. The zero-order valence-corrected chi connectivity index (χ0v) is 12.8. The van der Waals surface area contributed by atoms with Crippen LogP contribution >= 0.6 is 27.3 Å². The van der Waals surface area contributed by atoms with E-state index in [0.717, 1.165) is 11.0 Å². The molecule has 1 N–H and O–H groups in total. The summed E-state index contributed by atoms with van der Waals surface area (Å²) in [5.74, 6) is 0. The lowest BCUT2D eigenvalue weighted by Crippen LogP contribution is -2.13. The zero-order valence-electron chi connectivity index (χ0n) is 10.4. The van der Waals surface area contributed by atoms with Gasteiger partial charge in [0.1, 0.15) is 0 Å². The molecule has 0 unspecified atom stereocenters. The lowest BCUT2D eigenvalue weighted by molar-refractivity contribution is -0.385. The third-order valence-corrected chi connectivity index (χ3v) is 4.32. The molecular formula is C13H13BrN2O2S. The van der Waals surface area contributed by atoms with Gasteiger partial charge in [0.15, 0.2) is 0 Å². The van der Waals surface area contributed by atoms with E-state index in [-0.39, 0.29) is 10.6 Å². The Labute approximate surface area is 123 Å².